The van der Waals surface area contributed by atoms with Crippen LogP contribution in [0.15, 0.2) is 24.3 Å². The molecule has 0 bridgehead atoms. The first-order chi connectivity index (χ1) is 23.2. The van der Waals surface area contributed by atoms with Gasteiger partial charge < -0.3 is 9.16 Å². The minimum absolute atomic E-state index is 0.00639. The van der Waals surface area contributed by atoms with E-state index in [4.69, 9.17) is 9.16 Å². The van der Waals surface area contributed by atoms with Crippen LogP contribution in [0.5, 0.6) is 0 Å². The van der Waals surface area contributed by atoms with E-state index in [1.807, 2.05) is 0 Å². The zero-order valence-corrected chi connectivity index (χ0v) is 34.7. The monoisotopic (exact) mass is 691 g/mol. The lowest BCUT2D eigenvalue weighted by atomic mass is 10.1. The van der Waals surface area contributed by atoms with Crippen LogP contribution in [0, 0.1) is 0 Å². The van der Waals surface area contributed by atoms with Gasteiger partial charge in [0.05, 0.1) is 6.61 Å². The second-order valence-corrected chi connectivity index (χ2v) is 21.0. The van der Waals surface area contributed by atoms with Gasteiger partial charge in [-0.1, -0.05) is 168 Å². The van der Waals surface area contributed by atoms with Gasteiger partial charge in [0, 0.05) is 13.0 Å². The minimum atomic E-state index is -1.55. The van der Waals surface area contributed by atoms with Crippen molar-refractivity contribution in [2.24, 2.45) is 0 Å². The van der Waals surface area contributed by atoms with Crippen molar-refractivity contribution in [3.05, 3.63) is 24.3 Å². The molecule has 48 heavy (non-hydrogen) atoms. The maximum absolute atomic E-state index is 12.0. The molecule has 284 valence electrons. The molecule has 0 heterocycles. The summed E-state index contributed by atoms with van der Waals surface area (Å²) in [6.45, 7) is 15.5. The second-order valence-electron chi connectivity index (χ2n) is 16.2. The van der Waals surface area contributed by atoms with E-state index in [1.165, 1.54) is 167 Å². The van der Waals surface area contributed by atoms with Crippen LogP contribution < -0.4 is 0 Å². The van der Waals surface area contributed by atoms with Gasteiger partial charge in [-0.25, -0.2) is 0 Å². The number of hydrogen-bond acceptors (Lipinski definition) is 3. The fourth-order valence-corrected chi connectivity index (χ4v) is 6.96. The highest BCUT2D eigenvalue weighted by atomic mass is 28.4. The number of hydrogen-bond donors (Lipinski definition) is 0. The van der Waals surface area contributed by atoms with E-state index in [1.54, 1.807) is 0 Å². The summed E-state index contributed by atoms with van der Waals surface area (Å²) >= 11 is 0. The molecule has 0 amide bonds. The van der Waals surface area contributed by atoms with Crippen LogP contribution in [-0.2, 0) is 14.0 Å². The summed E-state index contributed by atoms with van der Waals surface area (Å²) < 4.78 is 11.7. The van der Waals surface area contributed by atoms with E-state index in [-0.39, 0.29) is 5.97 Å². The van der Waals surface area contributed by atoms with Gasteiger partial charge in [-0.15, -0.1) is 0 Å². The predicted octanol–water partition coefficient (Wildman–Crippen LogP) is 15.4. The Bertz CT molecular complexity index is 736. The smallest absolute Gasteiger partial charge is 0.305 e. The molecule has 0 aliphatic rings. The van der Waals surface area contributed by atoms with E-state index in [9.17, 15) is 4.79 Å². The molecule has 0 aromatic heterocycles. The zero-order chi connectivity index (χ0) is 35.4. The molecule has 3 nitrogen and oxygen atoms in total. The highest BCUT2D eigenvalue weighted by Crippen LogP contribution is 2.36. The molecular formula is C44H86O3Si. The van der Waals surface area contributed by atoms with Gasteiger partial charge in [-0.3, -0.25) is 4.79 Å². The molecule has 0 aromatic rings. The van der Waals surface area contributed by atoms with Crippen molar-refractivity contribution in [3.63, 3.8) is 0 Å². The van der Waals surface area contributed by atoms with Crippen LogP contribution >= 0.6 is 0 Å². The Balaban J connectivity index is 3.30. The molecule has 0 radical (unpaired) electrons. The maximum atomic E-state index is 12.0. The molecule has 4 heteroatoms. The van der Waals surface area contributed by atoms with Gasteiger partial charge >= 0.3 is 5.97 Å². The van der Waals surface area contributed by atoms with E-state index in [0.717, 1.165) is 25.9 Å². The van der Waals surface area contributed by atoms with Crippen molar-refractivity contribution < 1.29 is 14.0 Å². The van der Waals surface area contributed by atoms with Crippen LogP contribution in [0.1, 0.15) is 220 Å². The lowest BCUT2D eigenvalue weighted by Crippen LogP contribution is -2.40. The van der Waals surface area contributed by atoms with Gasteiger partial charge in [0.25, 0.3) is 0 Å². The number of esters is 1. The Morgan fingerprint density at radius 2 is 0.812 bits per heavy atom. The average Bonchev–Trinajstić information content (AvgIpc) is 3.04. The van der Waals surface area contributed by atoms with Gasteiger partial charge in [-0.2, -0.15) is 0 Å². The van der Waals surface area contributed by atoms with Gasteiger partial charge in [-0.05, 0) is 88.8 Å². The quantitative estimate of drug-likeness (QED) is 0.0284. The van der Waals surface area contributed by atoms with Gasteiger partial charge in [0.15, 0.2) is 8.32 Å². The average molecular weight is 691 g/mol. The standard InChI is InChI=1S/C44H86O3Si/c1-7-8-9-10-11-12-13-14-19-22-25-28-31-34-37-40-43(45)46-41-38-35-32-29-26-23-20-17-15-16-18-21-24-27-30-33-36-39-42-47-48(5,6)44(2,3)4/h14,17,19-20H,7-13,15-16,18,21-42H2,1-6H3/b19-14+,20-17+. The Hall–Kier alpha value is -0.873. The highest BCUT2D eigenvalue weighted by molar-refractivity contribution is 6.74. The summed E-state index contributed by atoms with van der Waals surface area (Å²) in [5, 5.41) is 0.327. The molecular weight excluding hydrogens is 605 g/mol. The summed E-state index contributed by atoms with van der Waals surface area (Å²) in [6.07, 6.45) is 47.6. The summed E-state index contributed by atoms with van der Waals surface area (Å²) in [5.41, 5.74) is 0. The Morgan fingerprint density at radius 1 is 0.479 bits per heavy atom. The first-order valence-electron chi connectivity index (χ1n) is 21.3. The van der Waals surface area contributed by atoms with E-state index < -0.39 is 8.32 Å². The number of unbranched alkanes of at least 4 members (excludes halogenated alkanes) is 25. The molecule has 0 saturated carbocycles. The van der Waals surface area contributed by atoms with Crippen LogP contribution in [0.2, 0.25) is 18.1 Å². The van der Waals surface area contributed by atoms with Crippen molar-refractivity contribution in [1.82, 2.24) is 0 Å². The summed E-state index contributed by atoms with van der Waals surface area (Å²) in [4.78, 5) is 12.0. The third-order valence-corrected chi connectivity index (χ3v) is 14.9. The first-order valence-corrected chi connectivity index (χ1v) is 24.2. The molecule has 0 fully saturated rings. The Morgan fingerprint density at radius 3 is 1.21 bits per heavy atom. The Labute approximate surface area is 303 Å². The van der Waals surface area contributed by atoms with Crippen LogP contribution in [-0.4, -0.2) is 27.5 Å². The molecule has 0 unspecified atom stereocenters. The third-order valence-electron chi connectivity index (χ3n) is 10.4. The number of carbonyl (C=O) groups excluding carboxylic acids is 1. The van der Waals surface area contributed by atoms with Crippen molar-refractivity contribution in [2.45, 2.75) is 238 Å². The predicted molar refractivity (Wildman–Crippen MR) is 217 cm³/mol. The van der Waals surface area contributed by atoms with Crippen molar-refractivity contribution in [1.29, 1.82) is 0 Å². The summed E-state index contributed by atoms with van der Waals surface area (Å²) in [6, 6.07) is 0. The van der Waals surface area contributed by atoms with E-state index >= 15 is 0 Å². The van der Waals surface area contributed by atoms with Gasteiger partial charge in [0.1, 0.15) is 0 Å². The van der Waals surface area contributed by atoms with Crippen molar-refractivity contribution >= 4 is 14.3 Å². The maximum Gasteiger partial charge on any atom is 0.305 e. The van der Waals surface area contributed by atoms with Gasteiger partial charge in [0.2, 0.25) is 0 Å². The number of ether oxygens (including phenoxy) is 1. The van der Waals surface area contributed by atoms with Crippen LogP contribution in [0.25, 0.3) is 0 Å². The molecule has 0 rings (SSSR count). The molecule has 0 aliphatic carbocycles. The van der Waals surface area contributed by atoms with E-state index in [0.29, 0.717) is 18.1 Å². The molecule has 0 aromatic carbocycles. The fourth-order valence-electron chi connectivity index (χ4n) is 5.87. The molecule has 0 N–H and O–H groups in total. The summed E-state index contributed by atoms with van der Waals surface area (Å²) in [7, 11) is -1.55. The first kappa shape index (κ1) is 47.1. The van der Waals surface area contributed by atoms with Crippen molar-refractivity contribution in [2.75, 3.05) is 13.2 Å². The second kappa shape index (κ2) is 34.6. The van der Waals surface area contributed by atoms with Crippen molar-refractivity contribution in [3.8, 4) is 0 Å². The number of rotatable bonds is 36. The SMILES string of the molecule is CCCCCCCC/C=C/CCCCCCCC(=O)OCCCCCCC/C=C/CCCCCCCCCCCO[Si](C)(C)C(C)(C)C. The number of allylic oxidation sites excluding steroid dienone is 4. The molecule has 0 spiro atoms. The molecule has 0 aliphatic heterocycles. The number of carbonyl (C=O) groups is 1. The fraction of sp³-hybridized carbons (Fsp3) is 0.886. The van der Waals surface area contributed by atoms with E-state index in [2.05, 4.69) is 65.1 Å². The molecule has 0 atom stereocenters. The lowest BCUT2D eigenvalue weighted by Gasteiger charge is -2.36. The highest BCUT2D eigenvalue weighted by Gasteiger charge is 2.36. The minimum Gasteiger partial charge on any atom is -0.466 e. The normalized spacial score (nSPS) is 12.5. The van der Waals surface area contributed by atoms with Crippen LogP contribution in [0.4, 0.5) is 0 Å². The Kier molecular flexibility index (Phi) is 33.9. The largest absolute Gasteiger partial charge is 0.466 e. The summed E-state index contributed by atoms with van der Waals surface area (Å²) in [5.74, 6) is 0.00639. The topological polar surface area (TPSA) is 35.5 Å². The van der Waals surface area contributed by atoms with Crippen LogP contribution in [0.3, 0.4) is 0 Å². The lowest BCUT2D eigenvalue weighted by molar-refractivity contribution is -0.143. The third kappa shape index (κ3) is 33.6. The zero-order valence-electron chi connectivity index (χ0n) is 33.7. The molecule has 0 saturated heterocycles.